The molecule has 0 aromatic heterocycles. The van der Waals surface area contributed by atoms with E-state index in [2.05, 4.69) is 16.0 Å². The highest BCUT2D eigenvalue weighted by atomic mass is 16.8. The zero-order valence-corrected chi connectivity index (χ0v) is 69.6. The molecule has 0 amide bonds. The third-order valence-electron chi connectivity index (χ3n) is 25.9. The lowest BCUT2D eigenvalue weighted by Crippen LogP contribution is -2.69. The summed E-state index contributed by atoms with van der Waals surface area (Å²) in [5.74, 6) is 0. The van der Waals surface area contributed by atoms with E-state index in [0.29, 0.717) is 0 Å². The van der Waals surface area contributed by atoms with Gasteiger partial charge in [0.1, 0.15) is 238 Å². The quantitative estimate of drug-likeness (QED) is 0.0287. The van der Waals surface area contributed by atoms with Gasteiger partial charge < -0.3 is 275 Å². The van der Waals surface area contributed by atoms with Gasteiger partial charge in [-0.2, -0.15) is 0 Å². The second-order valence-corrected chi connectivity index (χ2v) is 34.3. The minimum atomic E-state index is -2.23. The van der Waals surface area contributed by atoms with Gasteiger partial charge in [-0.05, 0) is 37.5 Å². The topological polar surface area (TPSA) is 901 Å². The highest BCUT2D eigenvalue weighted by molar-refractivity contribution is 5.26. The molecule has 55 heteroatoms. The Kier molecular flexibility index (Phi) is 36.7. The molecule has 12 rings (SSSR count). The fourth-order valence-corrected chi connectivity index (χ4v) is 18.2. The molecule has 0 spiro atoms. The Morgan fingerprint density at radius 2 is 0.431 bits per heavy atom. The van der Waals surface area contributed by atoms with E-state index in [1.165, 1.54) is 26.8 Å². The number of ether oxygens (including phenoxy) is 17. The Hall–Kier alpha value is -2.98. The van der Waals surface area contributed by atoms with Gasteiger partial charge >= 0.3 is 0 Å². The summed E-state index contributed by atoms with van der Waals surface area (Å²) in [7, 11) is 0. The predicted molar refractivity (Wildman–Crippen MR) is 407 cm³/mol. The lowest BCUT2D eigenvalue weighted by Gasteiger charge is -2.50. The maximum Gasteiger partial charge on any atom is 0.187 e. The highest BCUT2D eigenvalue weighted by Gasteiger charge is 2.61. The van der Waals surface area contributed by atoms with Crippen LogP contribution in [-0.2, 0) is 80.5 Å². The molecule has 0 saturated carbocycles. The molecule has 0 aromatic rings. The van der Waals surface area contributed by atoms with Crippen molar-refractivity contribution in [3.63, 3.8) is 0 Å². The summed E-state index contributed by atoms with van der Waals surface area (Å²) >= 11 is 0. The molecule has 9 fully saturated rings. The van der Waals surface area contributed by atoms with Crippen molar-refractivity contribution < 1.29 is 259 Å². The molecule has 9 heterocycles. The molecule has 38 N–H and O–H groups in total. The Morgan fingerprint density at radius 1 is 0.223 bits per heavy atom. The van der Waals surface area contributed by atoms with Crippen molar-refractivity contribution in [3.8, 4) is 0 Å². The van der Waals surface area contributed by atoms with Crippen molar-refractivity contribution in [1.82, 2.24) is 16.0 Å². The van der Waals surface area contributed by atoms with Crippen LogP contribution in [0.15, 0.2) is 34.9 Å². The van der Waals surface area contributed by atoms with Crippen LogP contribution < -0.4 is 16.0 Å². The van der Waals surface area contributed by atoms with Gasteiger partial charge in [-0.3, -0.25) is 0 Å². The van der Waals surface area contributed by atoms with Gasteiger partial charge in [0.15, 0.2) is 56.6 Å². The van der Waals surface area contributed by atoms with E-state index in [-0.39, 0.29) is 16.7 Å². The minimum Gasteiger partial charge on any atom is -0.394 e. The molecular weight excluding hydrogens is 1770 g/mol. The van der Waals surface area contributed by atoms with Crippen LogP contribution in [0.2, 0.25) is 0 Å². The zero-order chi connectivity index (χ0) is 95.3. The van der Waals surface area contributed by atoms with Crippen LogP contribution in [0.1, 0.15) is 20.8 Å². The molecule has 3 aliphatic carbocycles. The van der Waals surface area contributed by atoms with Gasteiger partial charge in [-0.1, -0.05) is 18.2 Å². The molecule has 57 atom stereocenters. The second-order valence-electron chi connectivity index (χ2n) is 34.3. The zero-order valence-electron chi connectivity index (χ0n) is 69.6. The van der Waals surface area contributed by atoms with Gasteiger partial charge in [0, 0.05) is 0 Å². The molecule has 12 aliphatic rings. The number of aliphatic hydroxyl groups excluding tert-OH is 35. The Labute approximate surface area is 737 Å². The molecule has 55 nitrogen and oxygen atoms in total. The third-order valence-corrected chi connectivity index (χ3v) is 25.9. The minimum absolute atomic E-state index is 0.0485. The number of aliphatic hydroxyl groups is 35. The summed E-state index contributed by atoms with van der Waals surface area (Å²) < 4.78 is 97.5. The van der Waals surface area contributed by atoms with Crippen LogP contribution in [0, 0.1) is 0 Å². The summed E-state index contributed by atoms with van der Waals surface area (Å²) in [5, 5.41) is 392. The fourth-order valence-electron chi connectivity index (χ4n) is 18.2. The average molecular weight is 1900 g/mol. The van der Waals surface area contributed by atoms with Gasteiger partial charge in [-0.15, -0.1) is 0 Å². The summed E-state index contributed by atoms with van der Waals surface area (Å²) in [5.41, 5.74) is -0.496. The van der Waals surface area contributed by atoms with E-state index in [1.807, 2.05) is 0 Å². The van der Waals surface area contributed by atoms with E-state index in [0.717, 1.165) is 12.2 Å². The molecule has 130 heavy (non-hydrogen) atoms. The van der Waals surface area contributed by atoms with Crippen LogP contribution in [0.5, 0.6) is 0 Å². The van der Waals surface area contributed by atoms with Gasteiger partial charge in [0.2, 0.25) is 0 Å². The van der Waals surface area contributed by atoms with Gasteiger partial charge in [0.25, 0.3) is 0 Å². The summed E-state index contributed by atoms with van der Waals surface area (Å²) in [6.45, 7) is -4.58. The van der Waals surface area contributed by atoms with Crippen LogP contribution >= 0.6 is 0 Å². The largest absolute Gasteiger partial charge is 0.394 e. The van der Waals surface area contributed by atoms with Crippen molar-refractivity contribution in [2.24, 2.45) is 0 Å². The number of nitrogens with one attached hydrogen (secondary N) is 3. The first-order valence-corrected chi connectivity index (χ1v) is 42.3. The third kappa shape index (κ3) is 21.5. The van der Waals surface area contributed by atoms with Crippen LogP contribution in [-0.4, -0.2) is 587 Å². The summed E-state index contributed by atoms with van der Waals surface area (Å²) in [6, 6.07) is -8.16. The lowest BCUT2D eigenvalue weighted by atomic mass is 9.86. The average Bonchev–Trinajstić information content (AvgIpc) is 0.767. The maximum atomic E-state index is 11.7. The van der Waals surface area contributed by atoms with Crippen molar-refractivity contribution in [2.75, 3.05) is 59.5 Å². The van der Waals surface area contributed by atoms with Crippen molar-refractivity contribution in [1.29, 1.82) is 0 Å². The van der Waals surface area contributed by atoms with Crippen molar-refractivity contribution in [3.05, 3.63) is 34.9 Å². The van der Waals surface area contributed by atoms with E-state index < -0.39 is 409 Å². The van der Waals surface area contributed by atoms with Crippen molar-refractivity contribution in [2.45, 2.75) is 370 Å². The monoisotopic (exact) mass is 1900 g/mol. The standard InChI is InChI=1S/C75H125N3O52/c1-16-31(76-22-4-19(7-79)34(88)41(95)35(22)89)38(92)51(105)68(114-16)125-62-26(11-83)118-71(54(108)45(62)99)123-59-20(8-80)5-23(36(90)42(59)96)77-32-17(2)115-69(52(106)39(32)93)126-63-27(12-84)119-72(55(109)46(63)100)124-60-21(9-81)6-24(37(91)43(60)97)78-33-18(3)116-70(53(107)40(33)94)127-64-28(13-85)120-74(56(110)47(64)101)129-66-30(15-87)122-75(58(112)49(66)103)130-65-29(14-86)121-73(57(111)48(65)102)128-61-25(10-82)117-67(113)50(104)44(61)98/h4-6,16-18,22-113H,7-15H2,1-3H3/t16-,17-,18-,22+,23+,24+,25-,26-,27-,28-,29-,30-,31-,32-,33-,34-,35+,36+,37+,38+,39+,40+,41+,42-,43-,44-,45-,46-,47-,48-,49-,50-,51-,52-,53-,54-,55-,56-,57-,58-,59-,60-,61-,62-,63-,64-,65-,66-,67?,68-,69-,70-,71-,72-,73-,74-,75-/m1/s1. The van der Waals surface area contributed by atoms with Crippen LogP contribution in [0.4, 0.5) is 0 Å². The van der Waals surface area contributed by atoms with Gasteiger partial charge in [-0.25, -0.2) is 0 Å². The molecular formula is C75H125N3O52. The Morgan fingerprint density at radius 3 is 0.677 bits per heavy atom. The first-order chi connectivity index (χ1) is 61.6. The second kappa shape index (κ2) is 45.1. The lowest BCUT2D eigenvalue weighted by molar-refractivity contribution is -0.391. The number of rotatable bonds is 31. The molecule has 0 radical (unpaired) electrons. The molecule has 0 aromatic carbocycles. The number of hydrogen-bond acceptors (Lipinski definition) is 55. The van der Waals surface area contributed by atoms with E-state index in [9.17, 15) is 179 Å². The molecule has 9 aliphatic heterocycles. The van der Waals surface area contributed by atoms with Crippen LogP contribution in [0.3, 0.4) is 0 Å². The SMILES string of the molecule is C[C@H]1O[C@H](O[C@H]2[C@H](O)[C@@H](O)[C@@H](O[C@H]3[C@H](O)[C@@H](O)[C@@H](O[C@H]4[C@H](O)[C@@H](O)[C@@H](O[C@H]5[C@H](O)[C@@H](O)C(O)O[C@@H]5CO)O[C@@H]4CO)O[C@@H]3CO)O[C@@H]2CO)[C@H](O)[C@@H](O)[C@@H]1N[C@H]1C=C(CO)[C@@H](O[C@H]2O[C@H](CO)[C@@H](O[C@H]3O[C@H](C)[C@@H](N[C@H]4C=C(CO)[C@@H](O[C@H]5O[C@H](CO)[C@@H](O[C@H]6O[C@H](C)[C@@H](N[C@H]7C=C(CO)[C@@H](O)[C@H](O)[C@H]7O)[C@H](O)[C@H]6O)[C@H](O)[C@H]5O)[C@H](O)[C@H]4O)[C@H](O)[C@H]3O)[C@H](O)[C@H]2O)[C@H](O)[C@H]1O. The fraction of sp³-hybridized carbons (Fsp3) is 0.920. The predicted octanol–water partition coefficient (Wildman–Crippen LogP) is -23.6. The highest BCUT2D eigenvalue weighted by Crippen LogP contribution is 2.41. The maximum absolute atomic E-state index is 11.7. The normalized spacial score (nSPS) is 52.9. The first-order valence-electron chi connectivity index (χ1n) is 42.3. The Balaban J connectivity index is 0.604. The van der Waals surface area contributed by atoms with Gasteiger partial charge in [0.05, 0.1) is 114 Å². The Bertz CT molecular complexity index is 3610. The van der Waals surface area contributed by atoms with Crippen LogP contribution in [0.25, 0.3) is 0 Å². The molecule has 0 bridgehead atoms. The molecule has 9 saturated heterocycles. The summed E-state index contributed by atoms with van der Waals surface area (Å²) in [4.78, 5) is 0. The van der Waals surface area contributed by atoms with E-state index in [1.54, 1.807) is 0 Å². The van der Waals surface area contributed by atoms with Crippen molar-refractivity contribution >= 4 is 0 Å². The number of hydrogen-bond donors (Lipinski definition) is 38. The summed E-state index contributed by atoms with van der Waals surface area (Å²) in [6.07, 6.45) is -93.1. The van der Waals surface area contributed by atoms with E-state index in [4.69, 9.17) is 80.5 Å². The van der Waals surface area contributed by atoms with E-state index >= 15 is 0 Å². The smallest absolute Gasteiger partial charge is 0.187 e. The first kappa shape index (κ1) is 106. The molecule has 752 valence electrons. The molecule has 1 unspecified atom stereocenters.